The van der Waals surface area contributed by atoms with E-state index in [1.165, 1.54) is 0 Å². The zero-order valence-electron chi connectivity index (χ0n) is 16.5. The predicted octanol–water partition coefficient (Wildman–Crippen LogP) is 4.48. The van der Waals surface area contributed by atoms with Gasteiger partial charge in [0.1, 0.15) is 17.4 Å². The van der Waals surface area contributed by atoms with Gasteiger partial charge in [-0.3, -0.25) is 5.41 Å². The summed E-state index contributed by atoms with van der Waals surface area (Å²) in [6, 6.07) is 14.9. The van der Waals surface area contributed by atoms with E-state index in [2.05, 4.69) is 15.3 Å². The predicted molar refractivity (Wildman–Crippen MR) is 113 cm³/mol. The Kier molecular flexibility index (Phi) is 5.05. The van der Waals surface area contributed by atoms with Gasteiger partial charge in [-0.25, -0.2) is 9.97 Å². The average molecular weight is 375 g/mol. The van der Waals surface area contributed by atoms with Gasteiger partial charge in [-0.15, -0.1) is 0 Å². The Morgan fingerprint density at radius 1 is 1.00 bits per heavy atom. The summed E-state index contributed by atoms with van der Waals surface area (Å²) in [4.78, 5) is 9.20. The van der Waals surface area contributed by atoms with E-state index >= 15 is 0 Å². The largest absolute Gasteiger partial charge is 0.503 e. The average Bonchev–Trinajstić information content (AvgIpc) is 2.64. The van der Waals surface area contributed by atoms with Crippen molar-refractivity contribution in [2.24, 2.45) is 5.73 Å². The molecule has 0 amide bonds. The number of aryl methyl sites for hydroxylation is 1. The van der Waals surface area contributed by atoms with E-state index in [0.29, 0.717) is 22.9 Å². The standard InChI is InChI=1S/C22H25N5O/c1-13-5-7-14(8-6-13)17-18(28)20(27-21(26-17)22(2,3)4)25-16-11-9-15(10-12-16)19(23)24/h5-12,28H,1-4H3,(H3,23,24)(H,25,26,27). The molecule has 0 aliphatic heterocycles. The number of aromatic hydroxyl groups is 1. The molecule has 6 heteroatoms. The Hall–Kier alpha value is -3.41. The van der Waals surface area contributed by atoms with Gasteiger partial charge in [0.15, 0.2) is 11.6 Å². The molecule has 1 aromatic heterocycles. The van der Waals surface area contributed by atoms with E-state index in [9.17, 15) is 5.11 Å². The minimum absolute atomic E-state index is 0.00695. The SMILES string of the molecule is Cc1ccc(-c2nc(C(C)(C)C)nc(Nc3ccc(C(=N)N)cc3)c2O)cc1. The normalized spacial score (nSPS) is 11.3. The maximum absolute atomic E-state index is 10.9. The highest BCUT2D eigenvalue weighted by atomic mass is 16.3. The molecular formula is C22H25N5O. The smallest absolute Gasteiger partial charge is 0.185 e. The van der Waals surface area contributed by atoms with Gasteiger partial charge < -0.3 is 16.2 Å². The van der Waals surface area contributed by atoms with E-state index in [1.807, 2.05) is 52.0 Å². The Bertz CT molecular complexity index is 1000. The Morgan fingerprint density at radius 3 is 2.14 bits per heavy atom. The second kappa shape index (κ2) is 7.31. The first-order valence-electron chi connectivity index (χ1n) is 9.05. The van der Waals surface area contributed by atoms with Crippen LogP contribution in [0, 0.1) is 12.3 Å². The molecule has 5 N–H and O–H groups in total. The van der Waals surface area contributed by atoms with Crippen molar-refractivity contribution in [3.63, 3.8) is 0 Å². The van der Waals surface area contributed by atoms with Crippen LogP contribution in [-0.4, -0.2) is 20.9 Å². The summed E-state index contributed by atoms with van der Waals surface area (Å²) in [5.74, 6) is 0.968. The second-order valence-electron chi connectivity index (χ2n) is 7.83. The molecule has 3 rings (SSSR count). The van der Waals surface area contributed by atoms with Gasteiger partial charge in [-0.05, 0) is 31.2 Å². The number of hydrogen-bond donors (Lipinski definition) is 4. The van der Waals surface area contributed by atoms with Gasteiger partial charge in [0.2, 0.25) is 0 Å². The molecule has 144 valence electrons. The molecule has 0 aliphatic carbocycles. The van der Waals surface area contributed by atoms with Crippen LogP contribution in [0.4, 0.5) is 11.5 Å². The van der Waals surface area contributed by atoms with E-state index in [4.69, 9.17) is 11.1 Å². The summed E-state index contributed by atoms with van der Waals surface area (Å²) >= 11 is 0. The summed E-state index contributed by atoms with van der Waals surface area (Å²) in [6.07, 6.45) is 0. The highest BCUT2D eigenvalue weighted by Gasteiger charge is 2.23. The zero-order chi connectivity index (χ0) is 20.5. The molecule has 6 nitrogen and oxygen atoms in total. The molecule has 0 unspecified atom stereocenters. The quantitative estimate of drug-likeness (QED) is 0.397. The van der Waals surface area contributed by atoms with Crippen molar-refractivity contribution in [3.05, 3.63) is 65.5 Å². The number of rotatable bonds is 4. The molecule has 0 saturated heterocycles. The lowest BCUT2D eigenvalue weighted by Gasteiger charge is -2.20. The fourth-order valence-electron chi connectivity index (χ4n) is 2.66. The molecule has 2 aromatic carbocycles. The minimum atomic E-state index is -0.290. The minimum Gasteiger partial charge on any atom is -0.503 e. The molecule has 1 heterocycles. The molecule has 3 aromatic rings. The number of anilines is 2. The Balaban J connectivity index is 2.07. The summed E-state index contributed by atoms with van der Waals surface area (Å²) in [7, 11) is 0. The molecule has 0 fully saturated rings. The number of aromatic nitrogens is 2. The third-order valence-corrected chi connectivity index (χ3v) is 4.34. The number of hydrogen-bond acceptors (Lipinski definition) is 5. The van der Waals surface area contributed by atoms with Crippen molar-refractivity contribution < 1.29 is 5.11 Å². The summed E-state index contributed by atoms with van der Waals surface area (Å²) in [5, 5.41) is 21.5. The lowest BCUT2D eigenvalue weighted by atomic mass is 9.95. The molecule has 0 saturated carbocycles. The topological polar surface area (TPSA) is 108 Å². The first kappa shape index (κ1) is 19.4. The lowest BCUT2D eigenvalue weighted by Crippen LogP contribution is -2.17. The van der Waals surface area contributed by atoms with Crippen LogP contribution in [0.1, 0.15) is 37.7 Å². The molecule has 0 spiro atoms. The number of nitrogens with two attached hydrogens (primary N) is 1. The number of benzene rings is 2. The van der Waals surface area contributed by atoms with E-state index in [-0.39, 0.29) is 17.0 Å². The van der Waals surface area contributed by atoms with Gasteiger partial charge in [-0.1, -0.05) is 50.6 Å². The van der Waals surface area contributed by atoms with Crippen LogP contribution < -0.4 is 11.1 Å². The third-order valence-electron chi connectivity index (χ3n) is 4.34. The van der Waals surface area contributed by atoms with Crippen LogP contribution in [-0.2, 0) is 5.41 Å². The molecule has 0 aliphatic rings. The van der Waals surface area contributed by atoms with Crippen molar-refractivity contribution in [3.8, 4) is 17.0 Å². The number of nitrogens with one attached hydrogen (secondary N) is 2. The van der Waals surface area contributed by atoms with E-state index in [1.54, 1.807) is 24.3 Å². The maximum atomic E-state index is 10.9. The number of nitrogen functional groups attached to an aromatic ring is 1. The number of amidine groups is 1. The third kappa shape index (κ3) is 4.11. The van der Waals surface area contributed by atoms with Crippen LogP contribution in [0.3, 0.4) is 0 Å². The van der Waals surface area contributed by atoms with Gasteiger partial charge in [0.25, 0.3) is 0 Å². The first-order valence-corrected chi connectivity index (χ1v) is 9.05. The van der Waals surface area contributed by atoms with Crippen LogP contribution in [0.15, 0.2) is 48.5 Å². The molecule has 0 radical (unpaired) electrons. The molecule has 0 bridgehead atoms. The van der Waals surface area contributed by atoms with Crippen LogP contribution in [0.2, 0.25) is 0 Å². The van der Waals surface area contributed by atoms with Gasteiger partial charge >= 0.3 is 0 Å². The van der Waals surface area contributed by atoms with Gasteiger partial charge in [0.05, 0.1) is 0 Å². The fraction of sp³-hybridized carbons (Fsp3) is 0.227. The lowest BCUT2D eigenvalue weighted by molar-refractivity contribution is 0.468. The Labute approximate surface area is 165 Å². The van der Waals surface area contributed by atoms with Crippen molar-refractivity contribution in [2.45, 2.75) is 33.1 Å². The van der Waals surface area contributed by atoms with Crippen molar-refractivity contribution in [1.82, 2.24) is 9.97 Å². The summed E-state index contributed by atoms with van der Waals surface area (Å²) in [6.45, 7) is 8.11. The summed E-state index contributed by atoms with van der Waals surface area (Å²) in [5.41, 5.74) is 9.03. The Morgan fingerprint density at radius 2 is 1.61 bits per heavy atom. The van der Waals surface area contributed by atoms with Crippen molar-refractivity contribution in [2.75, 3.05) is 5.32 Å². The number of nitrogens with zero attached hydrogens (tertiary/aromatic N) is 2. The van der Waals surface area contributed by atoms with Crippen molar-refractivity contribution >= 4 is 17.3 Å². The van der Waals surface area contributed by atoms with E-state index < -0.39 is 0 Å². The fourth-order valence-corrected chi connectivity index (χ4v) is 2.66. The van der Waals surface area contributed by atoms with Crippen LogP contribution in [0.25, 0.3) is 11.3 Å². The molecule has 0 atom stereocenters. The van der Waals surface area contributed by atoms with Gasteiger partial charge in [0, 0.05) is 22.2 Å². The van der Waals surface area contributed by atoms with Crippen molar-refractivity contribution in [1.29, 1.82) is 5.41 Å². The second-order valence-corrected chi connectivity index (χ2v) is 7.83. The maximum Gasteiger partial charge on any atom is 0.185 e. The highest BCUT2D eigenvalue weighted by Crippen LogP contribution is 2.36. The molecular weight excluding hydrogens is 350 g/mol. The monoisotopic (exact) mass is 375 g/mol. The molecule has 28 heavy (non-hydrogen) atoms. The summed E-state index contributed by atoms with van der Waals surface area (Å²) < 4.78 is 0. The highest BCUT2D eigenvalue weighted by molar-refractivity contribution is 5.95. The zero-order valence-corrected chi connectivity index (χ0v) is 16.5. The van der Waals surface area contributed by atoms with Crippen LogP contribution >= 0.6 is 0 Å². The van der Waals surface area contributed by atoms with Crippen LogP contribution in [0.5, 0.6) is 5.75 Å². The first-order chi connectivity index (χ1) is 13.1. The van der Waals surface area contributed by atoms with Gasteiger partial charge in [-0.2, -0.15) is 0 Å². The van der Waals surface area contributed by atoms with E-state index in [0.717, 1.165) is 16.8 Å².